The first-order valence-electron chi connectivity index (χ1n) is 7.36. The minimum absolute atomic E-state index is 0.0464. The Morgan fingerprint density at radius 3 is 2.91 bits per heavy atom. The van der Waals surface area contributed by atoms with Gasteiger partial charge in [0.15, 0.2) is 0 Å². The van der Waals surface area contributed by atoms with Gasteiger partial charge in [0.25, 0.3) is 5.56 Å². The highest BCUT2D eigenvalue weighted by Crippen LogP contribution is 2.24. The molecule has 1 aliphatic carbocycles. The number of methoxy groups -OCH3 is 1. The average Bonchev–Trinajstić information content (AvgIpc) is 2.97. The van der Waals surface area contributed by atoms with Crippen molar-refractivity contribution in [2.75, 3.05) is 7.11 Å². The summed E-state index contributed by atoms with van der Waals surface area (Å²) in [6, 6.07) is 7.21. The Hall–Kier alpha value is -2.21. The quantitative estimate of drug-likeness (QED) is 0.801. The first-order chi connectivity index (χ1) is 10.7. The molecule has 1 aromatic carbocycles. The van der Waals surface area contributed by atoms with Gasteiger partial charge in [0.05, 0.1) is 23.3 Å². The zero-order valence-corrected chi connectivity index (χ0v) is 12.4. The van der Waals surface area contributed by atoms with Crippen LogP contribution in [0.25, 0.3) is 11.0 Å². The van der Waals surface area contributed by atoms with Crippen molar-refractivity contribution in [3.63, 3.8) is 0 Å². The third kappa shape index (κ3) is 2.87. The molecule has 6 heteroatoms. The van der Waals surface area contributed by atoms with Gasteiger partial charge in [-0.2, -0.15) is 0 Å². The molecule has 6 nitrogen and oxygen atoms in total. The van der Waals surface area contributed by atoms with Crippen LogP contribution >= 0.6 is 0 Å². The summed E-state index contributed by atoms with van der Waals surface area (Å²) in [5, 5.41) is 0. The molecule has 1 fully saturated rings. The fourth-order valence-electron chi connectivity index (χ4n) is 2.91. The predicted octanol–water partition coefficient (Wildman–Crippen LogP) is 1.51. The molecule has 0 N–H and O–H groups in total. The largest absolute Gasteiger partial charge is 0.458 e. The van der Waals surface area contributed by atoms with E-state index in [1.165, 1.54) is 10.8 Å². The summed E-state index contributed by atoms with van der Waals surface area (Å²) >= 11 is 0. The molecule has 22 heavy (non-hydrogen) atoms. The first kappa shape index (κ1) is 14.7. The molecule has 1 aromatic heterocycles. The van der Waals surface area contributed by atoms with E-state index in [1.54, 1.807) is 19.2 Å². The average molecular weight is 302 g/mol. The normalized spacial score (nSPS) is 21.1. The third-order valence-electron chi connectivity index (χ3n) is 4.02. The topological polar surface area (TPSA) is 70.4 Å². The smallest absolute Gasteiger partial charge is 0.326 e. The van der Waals surface area contributed by atoms with Crippen LogP contribution in [0.15, 0.2) is 35.3 Å². The maximum Gasteiger partial charge on any atom is 0.326 e. The van der Waals surface area contributed by atoms with Crippen LogP contribution in [0.5, 0.6) is 0 Å². The fourth-order valence-corrected chi connectivity index (χ4v) is 2.91. The lowest BCUT2D eigenvalue weighted by Crippen LogP contribution is -2.31. The molecule has 0 aliphatic heterocycles. The Morgan fingerprint density at radius 1 is 1.32 bits per heavy atom. The van der Waals surface area contributed by atoms with E-state index in [2.05, 4.69) is 4.98 Å². The van der Waals surface area contributed by atoms with Crippen molar-refractivity contribution in [3.8, 4) is 0 Å². The van der Waals surface area contributed by atoms with E-state index in [0.29, 0.717) is 11.0 Å². The summed E-state index contributed by atoms with van der Waals surface area (Å²) in [6.07, 6.45) is 3.64. The molecule has 0 radical (unpaired) electrons. The monoisotopic (exact) mass is 302 g/mol. The van der Waals surface area contributed by atoms with Gasteiger partial charge in [0.2, 0.25) is 0 Å². The summed E-state index contributed by atoms with van der Waals surface area (Å²) < 4.78 is 12.2. The molecule has 116 valence electrons. The molecule has 1 heterocycles. The molecule has 1 aliphatic rings. The number of nitrogens with zero attached hydrogens (tertiary/aromatic N) is 2. The van der Waals surface area contributed by atoms with Crippen molar-refractivity contribution in [1.29, 1.82) is 0 Å². The van der Waals surface area contributed by atoms with Gasteiger partial charge >= 0.3 is 5.97 Å². The molecule has 0 spiro atoms. The summed E-state index contributed by atoms with van der Waals surface area (Å²) in [4.78, 5) is 28.2. The molecule has 0 bridgehead atoms. The Morgan fingerprint density at radius 2 is 2.09 bits per heavy atom. The SMILES string of the molecule is CO[C@@H]1CCC[C@H]1OC(=O)Cn1c(=O)cnc2ccccc21. The summed E-state index contributed by atoms with van der Waals surface area (Å²) in [7, 11) is 1.62. The fraction of sp³-hybridized carbons (Fsp3) is 0.438. The second kappa shape index (κ2) is 6.27. The van der Waals surface area contributed by atoms with Crippen molar-refractivity contribution >= 4 is 17.0 Å². The lowest BCUT2D eigenvalue weighted by Gasteiger charge is -2.19. The van der Waals surface area contributed by atoms with Crippen LogP contribution < -0.4 is 5.56 Å². The molecule has 3 rings (SSSR count). The minimum atomic E-state index is -0.424. The molecule has 1 saturated carbocycles. The number of rotatable bonds is 4. The zero-order valence-electron chi connectivity index (χ0n) is 12.4. The van der Waals surface area contributed by atoms with Gasteiger partial charge in [0, 0.05) is 7.11 Å². The molecule has 0 amide bonds. The van der Waals surface area contributed by atoms with Gasteiger partial charge < -0.3 is 9.47 Å². The highest BCUT2D eigenvalue weighted by atomic mass is 16.6. The number of benzene rings is 1. The Balaban J connectivity index is 1.79. The lowest BCUT2D eigenvalue weighted by molar-refractivity contribution is -0.155. The predicted molar refractivity (Wildman–Crippen MR) is 80.5 cm³/mol. The number of aromatic nitrogens is 2. The van der Waals surface area contributed by atoms with Crippen LogP contribution in [-0.4, -0.2) is 34.8 Å². The summed E-state index contributed by atoms with van der Waals surface area (Å²) in [5.41, 5.74) is 0.984. The second-order valence-corrected chi connectivity index (χ2v) is 5.40. The van der Waals surface area contributed by atoms with Gasteiger partial charge in [-0.05, 0) is 31.4 Å². The van der Waals surface area contributed by atoms with E-state index < -0.39 is 5.97 Å². The van der Waals surface area contributed by atoms with Crippen LogP contribution in [-0.2, 0) is 20.8 Å². The molecule has 0 unspecified atom stereocenters. The van der Waals surface area contributed by atoms with Gasteiger partial charge in [-0.3, -0.25) is 14.2 Å². The van der Waals surface area contributed by atoms with Gasteiger partial charge in [0.1, 0.15) is 12.6 Å². The van der Waals surface area contributed by atoms with Crippen LogP contribution in [0.4, 0.5) is 0 Å². The van der Waals surface area contributed by atoms with E-state index in [0.717, 1.165) is 19.3 Å². The number of ether oxygens (including phenoxy) is 2. The number of fused-ring (bicyclic) bond motifs is 1. The Labute approximate surface area is 127 Å². The van der Waals surface area contributed by atoms with Gasteiger partial charge in [-0.25, -0.2) is 4.98 Å². The van der Waals surface area contributed by atoms with Crippen molar-refractivity contribution in [3.05, 3.63) is 40.8 Å². The van der Waals surface area contributed by atoms with Crippen molar-refractivity contribution in [2.24, 2.45) is 0 Å². The van der Waals surface area contributed by atoms with E-state index in [-0.39, 0.29) is 24.3 Å². The maximum atomic E-state index is 12.2. The molecule has 2 aromatic rings. The zero-order chi connectivity index (χ0) is 15.5. The lowest BCUT2D eigenvalue weighted by atomic mass is 10.2. The molecule has 2 atom stereocenters. The van der Waals surface area contributed by atoms with Crippen LogP contribution in [0.1, 0.15) is 19.3 Å². The van der Waals surface area contributed by atoms with Crippen LogP contribution in [0.2, 0.25) is 0 Å². The van der Waals surface area contributed by atoms with Gasteiger partial charge in [-0.15, -0.1) is 0 Å². The second-order valence-electron chi connectivity index (χ2n) is 5.40. The summed E-state index contributed by atoms with van der Waals surface area (Å²) in [6.45, 7) is -0.116. The van der Waals surface area contributed by atoms with Crippen LogP contribution in [0.3, 0.4) is 0 Å². The van der Waals surface area contributed by atoms with E-state index in [4.69, 9.17) is 9.47 Å². The number of esters is 1. The number of carbonyl (C=O) groups excluding carboxylic acids is 1. The minimum Gasteiger partial charge on any atom is -0.458 e. The number of carbonyl (C=O) groups is 1. The number of hydrogen-bond acceptors (Lipinski definition) is 5. The van der Waals surface area contributed by atoms with Crippen molar-refractivity contribution < 1.29 is 14.3 Å². The van der Waals surface area contributed by atoms with Gasteiger partial charge in [-0.1, -0.05) is 12.1 Å². The Bertz CT molecular complexity index is 740. The van der Waals surface area contributed by atoms with Crippen LogP contribution in [0, 0.1) is 0 Å². The summed E-state index contributed by atoms with van der Waals surface area (Å²) in [5.74, 6) is -0.424. The first-order valence-corrected chi connectivity index (χ1v) is 7.36. The van der Waals surface area contributed by atoms with E-state index >= 15 is 0 Å². The van der Waals surface area contributed by atoms with E-state index in [1.807, 2.05) is 12.1 Å². The number of hydrogen-bond donors (Lipinski definition) is 0. The molecular formula is C16H18N2O4. The highest BCUT2D eigenvalue weighted by Gasteiger charge is 2.30. The molecule has 0 saturated heterocycles. The maximum absolute atomic E-state index is 12.2. The number of para-hydroxylation sites is 2. The highest BCUT2D eigenvalue weighted by molar-refractivity contribution is 5.77. The molecular weight excluding hydrogens is 284 g/mol. The van der Waals surface area contributed by atoms with E-state index in [9.17, 15) is 9.59 Å². The Kier molecular flexibility index (Phi) is 4.20. The standard InChI is InChI=1S/C16H18N2O4/c1-21-13-7-4-8-14(13)22-16(20)10-18-12-6-3-2-5-11(12)17-9-15(18)19/h2-3,5-6,9,13-14H,4,7-8,10H2,1H3/t13-,14-/m1/s1. The van der Waals surface area contributed by atoms with Crippen molar-refractivity contribution in [2.45, 2.75) is 38.0 Å². The van der Waals surface area contributed by atoms with Crippen molar-refractivity contribution in [1.82, 2.24) is 9.55 Å². The third-order valence-corrected chi connectivity index (χ3v) is 4.02.